The summed E-state index contributed by atoms with van der Waals surface area (Å²) in [6.45, 7) is 12.5. The number of esters is 1. The molecule has 1 aliphatic rings. The second-order valence-electron chi connectivity index (χ2n) is 8.31. The van der Waals surface area contributed by atoms with Crippen molar-refractivity contribution in [3.8, 4) is 0 Å². The average Bonchev–Trinajstić information content (AvgIpc) is 2.67. The fraction of sp³-hybridized carbons (Fsp3) is 0.417. The zero-order chi connectivity index (χ0) is 20.2. The monoisotopic (exact) mass is 366 g/mol. The van der Waals surface area contributed by atoms with Gasteiger partial charge in [-0.3, -0.25) is 4.79 Å². The first-order valence-corrected chi connectivity index (χ1v) is 9.57. The number of rotatable bonds is 6. The zero-order valence-electron chi connectivity index (χ0n) is 17.3. The molecule has 3 heteroatoms. The van der Waals surface area contributed by atoms with Crippen LogP contribution < -0.4 is 0 Å². The zero-order valence-corrected chi connectivity index (χ0v) is 17.3. The number of benzene rings is 1. The van der Waals surface area contributed by atoms with Crippen molar-refractivity contribution >= 4 is 11.8 Å². The molecule has 144 valence electrons. The van der Waals surface area contributed by atoms with E-state index in [4.69, 9.17) is 4.74 Å². The maximum atomic E-state index is 13.2. The van der Waals surface area contributed by atoms with Gasteiger partial charge in [-0.2, -0.15) is 0 Å². The van der Waals surface area contributed by atoms with E-state index in [9.17, 15) is 9.59 Å². The number of hydrogen-bond acceptors (Lipinski definition) is 3. The molecule has 0 unspecified atom stereocenters. The van der Waals surface area contributed by atoms with Crippen LogP contribution in [0.5, 0.6) is 0 Å². The fourth-order valence-corrected chi connectivity index (χ4v) is 2.87. The van der Waals surface area contributed by atoms with Gasteiger partial charge in [-0.05, 0) is 48.0 Å². The molecule has 0 spiro atoms. The molecule has 1 aromatic carbocycles. The molecule has 0 saturated carbocycles. The van der Waals surface area contributed by atoms with E-state index in [0.717, 1.165) is 29.6 Å². The number of ether oxygens (including phenoxy) is 1. The Morgan fingerprint density at radius 2 is 1.41 bits per heavy atom. The maximum Gasteiger partial charge on any atom is 0.342 e. The number of allylic oxidation sites excluding steroid dienone is 5. The van der Waals surface area contributed by atoms with E-state index in [0.29, 0.717) is 5.56 Å². The van der Waals surface area contributed by atoms with Crippen molar-refractivity contribution in [2.45, 2.75) is 54.4 Å². The number of carbonyl (C=O) groups excluding carboxylic acids is 2. The first-order valence-electron chi connectivity index (χ1n) is 9.57. The lowest BCUT2D eigenvalue weighted by atomic mass is 9.69. The van der Waals surface area contributed by atoms with E-state index < -0.39 is 5.97 Å². The van der Waals surface area contributed by atoms with Crippen molar-refractivity contribution in [3.63, 3.8) is 0 Å². The van der Waals surface area contributed by atoms with Crippen molar-refractivity contribution in [2.75, 3.05) is 0 Å². The first-order chi connectivity index (χ1) is 12.6. The highest BCUT2D eigenvalue weighted by atomic mass is 16.5. The van der Waals surface area contributed by atoms with Crippen molar-refractivity contribution in [1.82, 2.24) is 0 Å². The molecule has 0 saturated heterocycles. The van der Waals surface area contributed by atoms with Crippen LogP contribution in [-0.4, -0.2) is 11.8 Å². The number of carbonyl (C=O) groups is 2. The Hall–Kier alpha value is -2.42. The molecule has 0 radical (unpaired) electrons. The van der Waals surface area contributed by atoms with Crippen LogP contribution in [0.4, 0.5) is 0 Å². The molecule has 1 aliphatic carbocycles. The van der Waals surface area contributed by atoms with Crippen LogP contribution in [0.25, 0.3) is 0 Å². The Balaban J connectivity index is 2.42. The van der Waals surface area contributed by atoms with Gasteiger partial charge in [-0.15, -0.1) is 0 Å². The van der Waals surface area contributed by atoms with Gasteiger partial charge >= 0.3 is 5.97 Å². The number of Topliss-reactive ketones (excluding diaryl/α,β-unsaturated/α-hetero) is 1. The quantitative estimate of drug-likeness (QED) is 0.456. The highest BCUT2D eigenvalue weighted by Crippen LogP contribution is 2.42. The van der Waals surface area contributed by atoms with Crippen LogP contribution in [0.3, 0.4) is 0 Å². The summed E-state index contributed by atoms with van der Waals surface area (Å²) in [5.74, 6) is -0.311. The Kier molecular flexibility index (Phi) is 6.25. The lowest BCUT2D eigenvalue weighted by molar-refractivity contribution is -0.114. The highest BCUT2D eigenvalue weighted by molar-refractivity contribution is 6.11. The van der Waals surface area contributed by atoms with Crippen LogP contribution in [0.15, 0.2) is 65.5 Å². The number of ketones is 1. The Bertz CT molecular complexity index is 767. The molecular weight excluding hydrogens is 336 g/mol. The largest absolute Gasteiger partial charge is 0.430 e. The molecule has 0 N–H and O–H groups in total. The Morgan fingerprint density at radius 1 is 0.926 bits per heavy atom. The van der Waals surface area contributed by atoms with Crippen molar-refractivity contribution in [1.29, 1.82) is 0 Å². The molecule has 0 bridgehead atoms. The van der Waals surface area contributed by atoms with Gasteiger partial charge in [0.1, 0.15) is 6.26 Å². The summed E-state index contributed by atoms with van der Waals surface area (Å²) in [6, 6.07) is 8.88. The summed E-state index contributed by atoms with van der Waals surface area (Å²) in [4.78, 5) is 25.4. The lowest BCUT2D eigenvalue weighted by Crippen LogP contribution is -2.30. The van der Waals surface area contributed by atoms with Crippen LogP contribution in [-0.2, 0) is 9.53 Å². The van der Waals surface area contributed by atoms with Crippen molar-refractivity contribution in [2.24, 2.45) is 10.8 Å². The minimum atomic E-state index is -0.408. The standard InChI is InChI=1S/C24H30O3/c1-7-23(3,4)19-14-17(15-20(21(19)25)24(5,6)8-2)16-27-22(26)18-12-10-9-11-13-18/h9-16H,7-8H2,1-6H3. The molecule has 27 heavy (non-hydrogen) atoms. The Morgan fingerprint density at radius 3 is 1.85 bits per heavy atom. The van der Waals surface area contributed by atoms with Gasteiger partial charge in [-0.25, -0.2) is 4.79 Å². The smallest absolute Gasteiger partial charge is 0.342 e. The topological polar surface area (TPSA) is 43.4 Å². The van der Waals surface area contributed by atoms with Gasteiger partial charge in [0.25, 0.3) is 0 Å². The van der Waals surface area contributed by atoms with Crippen LogP contribution in [0.1, 0.15) is 64.7 Å². The maximum absolute atomic E-state index is 13.2. The van der Waals surface area contributed by atoms with E-state index >= 15 is 0 Å². The lowest BCUT2D eigenvalue weighted by Gasteiger charge is -2.34. The first kappa shape index (κ1) is 20.9. The van der Waals surface area contributed by atoms with Gasteiger partial charge in [0.15, 0.2) is 5.78 Å². The fourth-order valence-electron chi connectivity index (χ4n) is 2.87. The van der Waals surface area contributed by atoms with E-state index in [1.165, 1.54) is 6.26 Å². The minimum absolute atomic E-state index is 0.0974. The summed E-state index contributed by atoms with van der Waals surface area (Å²) in [7, 11) is 0. The van der Waals surface area contributed by atoms with E-state index in [2.05, 4.69) is 41.5 Å². The molecule has 0 amide bonds. The minimum Gasteiger partial charge on any atom is -0.430 e. The Labute approximate surface area is 162 Å². The third kappa shape index (κ3) is 4.65. The number of hydrogen-bond donors (Lipinski definition) is 0. The van der Waals surface area contributed by atoms with Gasteiger partial charge in [-0.1, -0.05) is 59.7 Å². The molecule has 1 aromatic rings. The molecule has 0 aliphatic heterocycles. The average molecular weight is 367 g/mol. The normalized spacial score (nSPS) is 15.2. The summed E-state index contributed by atoms with van der Waals surface area (Å²) in [5, 5.41) is 0. The summed E-state index contributed by atoms with van der Waals surface area (Å²) >= 11 is 0. The van der Waals surface area contributed by atoms with Gasteiger partial charge in [0.2, 0.25) is 0 Å². The predicted octanol–water partition coefficient (Wildman–Crippen LogP) is 6.04. The molecular formula is C24H30O3. The third-order valence-electron chi connectivity index (χ3n) is 5.65. The van der Waals surface area contributed by atoms with E-state index in [1.54, 1.807) is 24.3 Å². The van der Waals surface area contributed by atoms with Gasteiger partial charge in [0, 0.05) is 16.7 Å². The summed E-state index contributed by atoms with van der Waals surface area (Å²) < 4.78 is 5.39. The molecule has 0 aromatic heterocycles. The second-order valence-corrected chi connectivity index (χ2v) is 8.31. The highest BCUT2D eigenvalue weighted by Gasteiger charge is 2.36. The van der Waals surface area contributed by atoms with Crippen LogP contribution >= 0.6 is 0 Å². The second kappa shape index (κ2) is 8.08. The molecule has 0 atom stereocenters. The summed E-state index contributed by atoms with van der Waals surface area (Å²) in [6.07, 6.45) is 6.88. The molecule has 0 heterocycles. The van der Waals surface area contributed by atoms with E-state index in [1.807, 2.05) is 18.2 Å². The van der Waals surface area contributed by atoms with Crippen molar-refractivity contribution < 1.29 is 14.3 Å². The van der Waals surface area contributed by atoms with E-state index in [-0.39, 0.29) is 16.6 Å². The van der Waals surface area contributed by atoms with Gasteiger partial charge < -0.3 is 4.74 Å². The molecule has 2 rings (SSSR count). The molecule has 0 fully saturated rings. The third-order valence-corrected chi connectivity index (χ3v) is 5.65. The van der Waals surface area contributed by atoms with Crippen LogP contribution in [0, 0.1) is 10.8 Å². The van der Waals surface area contributed by atoms with Crippen LogP contribution in [0.2, 0.25) is 0 Å². The van der Waals surface area contributed by atoms with Crippen molar-refractivity contribution in [3.05, 3.63) is 71.0 Å². The SMILES string of the molecule is CCC(C)(C)C1=CC(=COC(=O)c2ccccc2)C=C(C(C)(C)CC)C1=O. The summed E-state index contributed by atoms with van der Waals surface area (Å²) in [5.41, 5.74) is 2.28. The van der Waals surface area contributed by atoms with Gasteiger partial charge in [0.05, 0.1) is 5.56 Å². The predicted molar refractivity (Wildman–Crippen MR) is 109 cm³/mol. The molecule has 3 nitrogen and oxygen atoms in total.